The van der Waals surface area contributed by atoms with Gasteiger partial charge in [0.1, 0.15) is 5.82 Å². The first-order chi connectivity index (χ1) is 14.1. The van der Waals surface area contributed by atoms with Crippen molar-refractivity contribution in [3.05, 3.63) is 41.6 Å². The fraction of sp³-hybridized carbons (Fsp3) is 0.476. The normalized spacial score (nSPS) is 17.4. The van der Waals surface area contributed by atoms with Crippen LogP contribution in [-0.4, -0.2) is 73.4 Å². The minimum absolute atomic E-state index is 0.0492. The van der Waals surface area contributed by atoms with E-state index < -0.39 is 0 Å². The standard InChI is InChI=1S/C21H28N6O2/c1-16-5-3-4-6-18(16)23-21(28)27-9-7-25(8-10-27)19-15-17(2)22-20(24-19)26-11-13-29-14-12-26/h3-6,15H,7-14H2,1-2H3,(H,23,28). The molecule has 0 radical (unpaired) electrons. The first-order valence-corrected chi connectivity index (χ1v) is 10.1. The third-order valence-corrected chi connectivity index (χ3v) is 5.40. The van der Waals surface area contributed by atoms with Gasteiger partial charge in [-0.15, -0.1) is 0 Å². The molecule has 1 N–H and O–H groups in total. The highest BCUT2D eigenvalue weighted by Gasteiger charge is 2.24. The molecule has 0 bridgehead atoms. The van der Waals surface area contributed by atoms with E-state index in [-0.39, 0.29) is 6.03 Å². The number of amides is 2. The van der Waals surface area contributed by atoms with Gasteiger partial charge >= 0.3 is 6.03 Å². The van der Waals surface area contributed by atoms with Crippen molar-refractivity contribution in [3.63, 3.8) is 0 Å². The zero-order valence-electron chi connectivity index (χ0n) is 17.1. The van der Waals surface area contributed by atoms with Crippen molar-refractivity contribution in [3.8, 4) is 0 Å². The van der Waals surface area contributed by atoms with Gasteiger partial charge in [0, 0.05) is 56.7 Å². The number of carbonyl (C=O) groups excluding carboxylic acids is 1. The summed E-state index contributed by atoms with van der Waals surface area (Å²) in [6, 6.07) is 9.80. The number of ether oxygens (including phenoxy) is 1. The summed E-state index contributed by atoms with van der Waals surface area (Å²) in [6.07, 6.45) is 0. The lowest BCUT2D eigenvalue weighted by molar-refractivity contribution is 0.122. The van der Waals surface area contributed by atoms with Gasteiger partial charge in [-0.2, -0.15) is 4.98 Å². The molecule has 0 saturated carbocycles. The minimum Gasteiger partial charge on any atom is -0.378 e. The summed E-state index contributed by atoms with van der Waals surface area (Å²) in [4.78, 5) is 28.3. The van der Waals surface area contributed by atoms with Gasteiger partial charge in [0.15, 0.2) is 0 Å². The molecule has 8 nitrogen and oxygen atoms in total. The second-order valence-electron chi connectivity index (χ2n) is 7.49. The van der Waals surface area contributed by atoms with Gasteiger partial charge < -0.3 is 24.8 Å². The number of carbonyl (C=O) groups is 1. The van der Waals surface area contributed by atoms with Crippen LogP contribution in [0.15, 0.2) is 30.3 Å². The largest absolute Gasteiger partial charge is 0.378 e. The number of hydrogen-bond acceptors (Lipinski definition) is 6. The summed E-state index contributed by atoms with van der Waals surface area (Å²) in [5.74, 6) is 1.70. The Kier molecular flexibility index (Phi) is 5.80. The van der Waals surface area contributed by atoms with Crippen LogP contribution in [0.2, 0.25) is 0 Å². The highest BCUT2D eigenvalue weighted by atomic mass is 16.5. The number of urea groups is 1. The van der Waals surface area contributed by atoms with Crippen molar-refractivity contribution < 1.29 is 9.53 Å². The zero-order chi connectivity index (χ0) is 20.2. The molecule has 154 valence electrons. The Morgan fingerprint density at radius 3 is 2.41 bits per heavy atom. The first kappa shape index (κ1) is 19.4. The average molecular weight is 396 g/mol. The van der Waals surface area contributed by atoms with E-state index in [1.165, 1.54) is 0 Å². The van der Waals surface area contributed by atoms with E-state index in [4.69, 9.17) is 9.72 Å². The highest BCUT2D eigenvalue weighted by Crippen LogP contribution is 2.20. The van der Waals surface area contributed by atoms with Gasteiger partial charge in [-0.05, 0) is 25.5 Å². The van der Waals surface area contributed by atoms with Crippen LogP contribution in [0.4, 0.5) is 22.2 Å². The molecule has 29 heavy (non-hydrogen) atoms. The highest BCUT2D eigenvalue weighted by molar-refractivity contribution is 5.90. The van der Waals surface area contributed by atoms with E-state index in [1.54, 1.807) is 0 Å². The number of rotatable bonds is 3. The molecule has 4 rings (SSSR count). The van der Waals surface area contributed by atoms with E-state index in [1.807, 2.05) is 49.1 Å². The first-order valence-electron chi connectivity index (χ1n) is 10.1. The Bertz CT molecular complexity index is 860. The second-order valence-corrected chi connectivity index (χ2v) is 7.49. The lowest BCUT2D eigenvalue weighted by Crippen LogP contribution is -2.50. The Labute approximate surface area is 171 Å². The number of aryl methyl sites for hydroxylation is 2. The summed E-state index contributed by atoms with van der Waals surface area (Å²) in [5, 5.41) is 3.02. The summed E-state index contributed by atoms with van der Waals surface area (Å²) in [5.41, 5.74) is 2.88. The van der Waals surface area contributed by atoms with E-state index in [9.17, 15) is 4.79 Å². The lowest BCUT2D eigenvalue weighted by atomic mass is 10.2. The Morgan fingerprint density at radius 1 is 0.966 bits per heavy atom. The third-order valence-electron chi connectivity index (χ3n) is 5.40. The maximum atomic E-state index is 12.6. The van der Waals surface area contributed by atoms with Crippen molar-refractivity contribution in [2.75, 3.05) is 67.6 Å². The molecule has 0 spiro atoms. The maximum Gasteiger partial charge on any atom is 0.321 e. The van der Waals surface area contributed by atoms with Crippen LogP contribution < -0.4 is 15.1 Å². The molecule has 0 atom stereocenters. The van der Waals surface area contributed by atoms with Gasteiger partial charge in [-0.3, -0.25) is 0 Å². The molecule has 2 saturated heterocycles. The number of benzene rings is 1. The molecule has 2 aliphatic heterocycles. The van der Waals surface area contributed by atoms with Crippen LogP contribution in [0.25, 0.3) is 0 Å². The second kappa shape index (κ2) is 8.65. The summed E-state index contributed by atoms with van der Waals surface area (Å²) < 4.78 is 5.43. The number of aromatic nitrogens is 2. The number of para-hydroxylation sites is 1. The zero-order valence-corrected chi connectivity index (χ0v) is 17.1. The molecule has 2 aromatic rings. The summed E-state index contributed by atoms with van der Waals surface area (Å²) in [6.45, 7) is 9.87. The molecule has 1 aromatic carbocycles. The number of morpholine rings is 1. The number of hydrogen-bond donors (Lipinski definition) is 1. The molecule has 2 fully saturated rings. The van der Waals surface area contributed by atoms with Gasteiger partial charge in [0.2, 0.25) is 5.95 Å². The summed E-state index contributed by atoms with van der Waals surface area (Å²) >= 11 is 0. The summed E-state index contributed by atoms with van der Waals surface area (Å²) in [7, 11) is 0. The number of nitrogens with zero attached hydrogens (tertiary/aromatic N) is 5. The van der Waals surface area contributed by atoms with Crippen LogP contribution in [0.5, 0.6) is 0 Å². The number of piperazine rings is 1. The van der Waals surface area contributed by atoms with Crippen molar-refractivity contribution in [2.24, 2.45) is 0 Å². The molecular formula is C21H28N6O2. The third kappa shape index (κ3) is 4.59. The number of anilines is 3. The van der Waals surface area contributed by atoms with Crippen molar-refractivity contribution in [1.82, 2.24) is 14.9 Å². The van der Waals surface area contributed by atoms with E-state index >= 15 is 0 Å². The molecule has 1 aromatic heterocycles. The topological polar surface area (TPSA) is 73.8 Å². The molecule has 8 heteroatoms. The predicted octanol–water partition coefficient (Wildman–Crippen LogP) is 2.28. The quantitative estimate of drug-likeness (QED) is 0.858. The fourth-order valence-electron chi connectivity index (χ4n) is 3.65. The smallest absolute Gasteiger partial charge is 0.321 e. The van der Waals surface area contributed by atoms with Crippen LogP contribution in [-0.2, 0) is 4.74 Å². The molecule has 2 aliphatic rings. The van der Waals surface area contributed by atoms with Crippen LogP contribution in [0.1, 0.15) is 11.3 Å². The molecular weight excluding hydrogens is 368 g/mol. The average Bonchev–Trinajstić information content (AvgIpc) is 2.75. The molecule has 0 unspecified atom stereocenters. The Hall–Kier alpha value is -2.87. The Morgan fingerprint density at radius 2 is 1.69 bits per heavy atom. The van der Waals surface area contributed by atoms with Crippen LogP contribution >= 0.6 is 0 Å². The monoisotopic (exact) mass is 396 g/mol. The van der Waals surface area contributed by atoms with Gasteiger partial charge in [0.25, 0.3) is 0 Å². The van der Waals surface area contributed by atoms with Gasteiger partial charge in [-0.25, -0.2) is 9.78 Å². The van der Waals surface area contributed by atoms with Crippen molar-refractivity contribution in [1.29, 1.82) is 0 Å². The Balaban J connectivity index is 1.38. The molecule has 0 aliphatic carbocycles. The van der Waals surface area contributed by atoms with Crippen molar-refractivity contribution >= 4 is 23.5 Å². The fourth-order valence-corrected chi connectivity index (χ4v) is 3.65. The van der Waals surface area contributed by atoms with Gasteiger partial charge in [0.05, 0.1) is 13.2 Å². The van der Waals surface area contributed by atoms with Crippen LogP contribution in [0.3, 0.4) is 0 Å². The predicted molar refractivity (Wildman–Crippen MR) is 114 cm³/mol. The van der Waals surface area contributed by atoms with Crippen LogP contribution in [0, 0.1) is 13.8 Å². The van der Waals surface area contributed by atoms with Crippen molar-refractivity contribution in [2.45, 2.75) is 13.8 Å². The van der Waals surface area contributed by atoms with E-state index in [0.717, 1.165) is 54.9 Å². The molecule has 2 amide bonds. The minimum atomic E-state index is -0.0492. The van der Waals surface area contributed by atoms with Gasteiger partial charge in [-0.1, -0.05) is 18.2 Å². The number of nitrogens with one attached hydrogen (secondary N) is 1. The van der Waals surface area contributed by atoms with E-state index in [0.29, 0.717) is 26.3 Å². The van der Waals surface area contributed by atoms with E-state index in [2.05, 4.69) is 20.1 Å². The lowest BCUT2D eigenvalue weighted by Gasteiger charge is -2.36. The molecule has 3 heterocycles. The SMILES string of the molecule is Cc1cc(N2CCN(C(=O)Nc3ccccc3C)CC2)nc(N2CCOCC2)n1. The maximum absolute atomic E-state index is 12.6.